The van der Waals surface area contributed by atoms with Crippen molar-refractivity contribution >= 4 is 17.6 Å². The number of hydrogen-bond donors (Lipinski definition) is 2. The Labute approximate surface area is 135 Å². The summed E-state index contributed by atoms with van der Waals surface area (Å²) < 4.78 is 10.4. The lowest BCUT2D eigenvalue weighted by Gasteiger charge is -2.05. The third-order valence-corrected chi connectivity index (χ3v) is 3.04. The first-order valence-electron chi connectivity index (χ1n) is 6.99. The van der Waals surface area contributed by atoms with Crippen LogP contribution in [0, 0.1) is 0 Å². The van der Waals surface area contributed by atoms with Crippen LogP contribution in [0.4, 0.5) is 17.6 Å². The van der Waals surface area contributed by atoms with Crippen molar-refractivity contribution in [2.45, 2.75) is 0 Å². The molecule has 4 aromatic rings. The van der Waals surface area contributed by atoms with Crippen molar-refractivity contribution in [2.75, 3.05) is 11.1 Å². The molecular weight excluding hydrogens is 310 g/mol. The fraction of sp³-hybridized carbons (Fsp3) is 0. The topological polar surface area (TPSA) is 129 Å². The summed E-state index contributed by atoms with van der Waals surface area (Å²) in [7, 11) is 0. The zero-order valence-corrected chi connectivity index (χ0v) is 12.2. The minimum absolute atomic E-state index is 0.0442. The van der Waals surface area contributed by atoms with Crippen molar-refractivity contribution in [2.24, 2.45) is 0 Å². The molecule has 0 bridgehead atoms. The van der Waals surface area contributed by atoms with Crippen LogP contribution in [0.3, 0.4) is 0 Å². The van der Waals surface area contributed by atoms with Crippen molar-refractivity contribution in [1.82, 2.24) is 25.1 Å². The van der Waals surface area contributed by atoms with Crippen molar-refractivity contribution < 1.29 is 8.94 Å². The number of nitrogens with one attached hydrogen (secondary N) is 1. The van der Waals surface area contributed by atoms with E-state index in [9.17, 15) is 0 Å². The van der Waals surface area contributed by atoms with E-state index in [0.29, 0.717) is 5.76 Å². The molecule has 24 heavy (non-hydrogen) atoms. The highest BCUT2D eigenvalue weighted by atomic mass is 16.5. The summed E-state index contributed by atoms with van der Waals surface area (Å²) in [5.74, 6) is 1.40. The predicted octanol–water partition coefficient (Wildman–Crippen LogP) is 2.51. The standard InChI is InChI=1S/C15H11N7O2/c16-14-19-11(12-18-13(24-22-12)10-7-4-8-23-10)20-15(21-14)17-9-5-2-1-3-6-9/h1-8H,(H3,16,17,19,20,21). The SMILES string of the molecule is Nc1nc(Nc2ccccc2)nc(-c2noc(-c3ccco3)n2)n1. The van der Waals surface area contributed by atoms with Crippen LogP contribution in [-0.4, -0.2) is 25.1 Å². The van der Waals surface area contributed by atoms with Crippen LogP contribution in [0.15, 0.2) is 57.7 Å². The van der Waals surface area contributed by atoms with E-state index in [4.69, 9.17) is 14.7 Å². The Morgan fingerprint density at radius 3 is 2.54 bits per heavy atom. The fourth-order valence-electron chi connectivity index (χ4n) is 2.01. The summed E-state index contributed by atoms with van der Waals surface area (Å²) in [6, 6.07) is 12.9. The van der Waals surface area contributed by atoms with Crippen LogP contribution in [-0.2, 0) is 0 Å². The van der Waals surface area contributed by atoms with E-state index in [1.54, 1.807) is 12.1 Å². The number of hydrogen-bond acceptors (Lipinski definition) is 9. The van der Waals surface area contributed by atoms with Crippen molar-refractivity contribution in [3.05, 3.63) is 48.7 Å². The van der Waals surface area contributed by atoms with Gasteiger partial charge >= 0.3 is 0 Å². The maximum Gasteiger partial charge on any atom is 0.294 e. The molecule has 0 atom stereocenters. The predicted molar refractivity (Wildman–Crippen MR) is 85.0 cm³/mol. The van der Waals surface area contributed by atoms with Crippen molar-refractivity contribution in [3.8, 4) is 23.3 Å². The minimum atomic E-state index is 0.0442. The van der Waals surface area contributed by atoms with Crippen LogP contribution >= 0.6 is 0 Å². The molecule has 9 nitrogen and oxygen atoms in total. The maximum absolute atomic E-state index is 5.74. The van der Waals surface area contributed by atoms with Crippen LogP contribution in [0.1, 0.15) is 0 Å². The maximum atomic E-state index is 5.74. The first kappa shape index (κ1) is 13.9. The monoisotopic (exact) mass is 321 g/mol. The Kier molecular flexibility index (Phi) is 3.35. The summed E-state index contributed by atoms with van der Waals surface area (Å²) in [5, 5.41) is 6.89. The van der Waals surface area contributed by atoms with E-state index in [1.807, 2.05) is 30.3 Å². The molecule has 3 aromatic heterocycles. The number of rotatable bonds is 4. The van der Waals surface area contributed by atoms with Gasteiger partial charge in [0.25, 0.3) is 5.89 Å². The number of aromatic nitrogens is 5. The molecule has 118 valence electrons. The summed E-state index contributed by atoms with van der Waals surface area (Å²) in [5.41, 5.74) is 6.56. The Morgan fingerprint density at radius 1 is 0.875 bits per heavy atom. The fourth-order valence-corrected chi connectivity index (χ4v) is 2.01. The van der Waals surface area contributed by atoms with Crippen LogP contribution in [0.5, 0.6) is 0 Å². The molecule has 0 amide bonds. The van der Waals surface area contributed by atoms with E-state index in [2.05, 4.69) is 30.4 Å². The summed E-state index contributed by atoms with van der Waals surface area (Å²) >= 11 is 0. The average molecular weight is 321 g/mol. The molecule has 0 aliphatic rings. The highest BCUT2D eigenvalue weighted by Gasteiger charge is 2.16. The lowest BCUT2D eigenvalue weighted by atomic mass is 10.3. The number of anilines is 3. The van der Waals surface area contributed by atoms with Crippen molar-refractivity contribution in [3.63, 3.8) is 0 Å². The average Bonchev–Trinajstić information content (AvgIpc) is 3.27. The minimum Gasteiger partial charge on any atom is -0.459 e. The van der Waals surface area contributed by atoms with Gasteiger partial charge in [-0.05, 0) is 24.3 Å². The van der Waals surface area contributed by atoms with Crippen LogP contribution in [0.25, 0.3) is 23.3 Å². The quantitative estimate of drug-likeness (QED) is 0.582. The largest absolute Gasteiger partial charge is 0.459 e. The molecule has 0 radical (unpaired) electrons. The molecule has 4 rings (SSSR count). The molecule has 0 saturated heterocycles. The van der Waals surface area contributed by atoms with Crippen molar-refractivity contribution in [1.29, 1.82) is 0 Å². The molecule has 0 fully saturated rings. The van der Waals surface area contributed by atoms with E-state index < -0.39 is 0 Å². The lowest BCUT2D eigenvalue weighted by Crippen LogP contribution is -2.05. The number of benzene rings is 1. The Hall–Kier alpha value is -3.75. The highest BCUT2D eigenvalue weighted by Crippen LogP contribution is 2.22. The zero-order chi connectivity index (χ0) is 16.4. The number of nitrogen functional groups attached to an aromatic ring is 1. The second-order valence-electron chi connectivity index (χ2n) is 4.73. The smallest absolute Gasteiger partial charge is 0.294 e. The van der Waals surface area contributed by atoms with Gasteiger partial charge in [-0.1, -0.05) is 23.4 Å². The van der Waals surface area contributed by atoms with Gasteiger partial charge in [-0.25, -0.2) is 0 Å². The molecule has 0 spiro atoms. The molecular formula is C15H11N7O2. The highest BCUT2D eigenvalue weighted by molar-refractivity contribution is 5.57. The third-order valence-electron chi connectivity index (χ3n) is 3.04. The van der Waals surface area contributed by atoms with Gasteiger partial charge in [0.15, 0.2) is 5.76 Å². The van der Waals surface area contributed by atoms with Gasteiger partial charge in [-0.2, -0.15) is 19.9 Å². The molecule has 3 heterocycles. The number of nitrogens with zero attached hydrogens (tertiary/aromatic N) is 5. The molecule has 0 aliphatic heterocycles. The molecule has 1 aromatic carbocycles. The Bertz CT molecular complexity index is 951. The molecule has 9 heteroatoms. The normalized spacial score (nSPS) is 10.7. The van der Waals surface area contributed by atoms with Gasteiger partial charge in [0.05, 0.1) is 6.26 Å². The molecule has 0 aliphatic carbocycles. The van der Waals surface area contributed by atoms with Gasteiger partial charge < -0.3 is 20.0 Å². The summed E-state index contributed by atoms with van der Waals surface area (Å²) in [6.07, 6.45) is 1.52. The Morgan fingerprint density at radius 2 is 1.75 bits per heavy atom. The zero-order valence-electron chi connectivity index (χ0n) is 12.2. The summed E-state index contributed by atoms with van der Waals surface area (Å²) in [4.78, 5) is 16.6. The first-order valence-corrected chi connectivity index (χ1v) is 6.99. The Balaban J connectivity index is 1.66. The van der Waals surface area contributed by atoms with Gasteiger partial charge in [0.1, 0.15) is 0 Å². The molecule has 0 saturated carbocycles. The second-order valence-corrected chi connectivity index (χ2v) is 4.73. The van der Waals surface area contributed by atoms with Crippen LogP contribution in [0.2, 0.25) is 0 Å². The van der Waals surface area contributed by atoms with E-state index in [-0.39, 0.29) is 29.4 Å². The molecule has 0 unspecified atom stereocenters. The van der Waals surface area contributed by atoms with Gasteiger partial charge in [0, 0.05) is 5.69 Å². The summed E-state index contributed by atoms with van der Waals surface area (Å²) in [6.45, 7) is 0. The van der Waals surface area contributed by atoms with Gasteiger partial charge in [0.2, 0.25) is 23.5 Å². The first-order chi connectivity index (χ1) is 11.8. The number of para-hydroxylation sites is 1. The lowest BCUT2D eigenvalue weighted by molar-refractivity contribution is 0.416. The molecule has 3 N–H and O–H groups in total. The van der Waals surface area contributed by atoms with E-state index in [1.165, 1.54) is 6.26 Å². The second kappa shape index (κ2) is 5.80. The van der Waals surface area contributed by atoms with E-state index >= 15 is 0 Å². The van der Waals surface area contributed by atoms with Crippen LogP contribution < -0.4 is 11.1 Å². The van der Waals surface area contributed by atoms with Gasteiger partial charge in [-0.3, -0.25) is 0 Å². The number of furan rings is 1. The van der Waals surface area contributed by atoms with E-state index in [0.717, 1.165) is 5.69 Å². The number of nitrogens with two attached hydrogens (primary N) is 1. The van der Waals surface area contributed by atoms with Gasteiger partial charge in [-0.15, -0.1) is 0 Å². The third kappa shape index (κ3) is 2.77.